The number of benzene rings is 1. The molecule has 0 spiro atoms. The van der Waals surface area contributed by atoms with E-state index in [-0.39, 0.29) is 24.8 Å². The number of hydrogen-bond donors (Lipinski definition) is 3. The van der Waals surface area contributed by atoms with Gasteiger partial charge in [-0.2, -0.15) is 0 Å². The van der Waals surface area contributed by atoms with Crippen molar-refractivity contribution in [2.75, 3.05) is 11.9 Å². The number of H-pyrrole nitrogens is 1. The van der Waals surface area contributed by atoms with E-state index in [4.69, 9.17) is 10.7 Å². The first-order chi connectivity index (χ1) is 13.7. The van der Waals surface area contributed by atoms with Gasteiger partial charge in [-0.1, -0.05) is 12.1 Å². The van der Waals surface area contributed by atoms with E-state index in [2.05, 4.69) is 44.5 Å². The summed E-state index contributed by atoms with van der Waals surface area (Å²) in [6, 6.07) is 10.7. The van der Waals surface area contributed by atoms with Crippen molar-refractivity contribution < 1.29 is 0 Å². The second-order valence-corrected chi connectivity index (χ2v) is 8.49. The normalized spacial score (nSPS) is 25.6. The fraction of sp³-hybridized carbons (Fsp3) is 0.500. The van der Waals surface area contributed by atoms with Gasteiger partial charge >= 0.3 is 0 Å². The molecule has 8 heteroatoms. The first-order valence-corrected chi connectivity index (χ1v) is 10.5. The Kier molecular flexibility index (Phi) is 7.55. The van der Waals surface area contributed by atoms with E-state index in [1.165, 1.54) is 25.7 Å². The van der Waals surface area contributed by atoms with Crippen molar-refractivity contribution in [3.05, 3.63) is 48.2 Å². The van der Waals surface area contributed by atoms with E-state index in [1.807, 2.05) is 6.07 Å². The molecule has 30 heavy (non-hydrogen) atoms. The number of aromatic amines is 1. The van der Waals surface area contributed by atoms with Crippen LogP contribution in [0.25, 0.3) is 11.0 Å². The predicted molar refractivity (Wildman–Crippen MR) is 126 cm³/mol. The summed E-state index contributed by atoms with van der Waals surface area (Å²) in [5.74, 6) is 3.86. The number of fused-ring (bicyclic) bond motifs is 1. The number of hydrogen-bond acceptors (Lipinski definition) is 5. The fourth-order valence-electron chi connectivity index (χ4n) is 4.65. The molecule has 4 N–H and O–H groups in total. The molecular formula is C22H30Cl2N6. The van der Waals surface area contributed by atoms with Crippen molar-refractivity contribution in [2.45, 2.75) is 56.4 Å². The molecule has 2 aliphatic carbocycles. The maximum Gasteiger partial charge on any atom is 0.129 e. The monoisotopic (exact) mass is 448 g/mol. The third-order valence-electron chi connectivity index (χ3n) is 6.49. The maximum absolute atomic E-state index is 5.91. The van der Waals surface area contributed by atoms with Gasteiger partial charge in [0.2, 0.25) is 0 Å². The summed E-state index contributed by atoms with van der Waals surface area (Å²) in [6.45, 7) is 0.980. The predicted octanol–water partition coefficient (Wildman–Crippen LogP) is 4.79. The third kappa shape index (κ3) is 4.88. The molecule has 0 radical (unpaired) electrons. The number of aromatic nitrogens is 4. The number of imidazole rings is 1. The molecule has 1 aromatic carbocycles. The Morgan fingerprint density at radius 2 is 1.77 bits per heavy atom. The molecule has 2 saturated carbocycles. The zero-order valence-electron chi connectivity index (χ0n) is 17.0. The lowest BCUT2D eigenvalue weighted by molar-refractivity contribution is 0.332. The Hall–Kier alpha value is -1.89. The molecule has 0 aliphatic heterocycles. The van der Waals surface area contributed by atoms with Crippen LogP contribution >= 0.6 is 24.8 Å². The van der Waals surface area contributed by atoms with Crippen molar-refractivity contribution in [2.24, 2.45) is 11.7 Å². The molecular weight excluding hydrogens is 419 g/mol. The van der Waals surface area contributed by atoms with Gasteiger partial charge in [-0.3, -0.25) is 0 Å². The van der Waals surface area contributed by atoms with Gasteiger partial charge < -0.3 is 16.0 Å². The van der Waals surface area contributed by atoms with Gasteiger partial charge in [0, 0.05) is 36.2 Å². The summed E-state index contributed by atoms with van der Waals surface area (Å²) < 4.78 is 0. The second-order valence-electron chi connectivity index (χ2n) is 8.49. The topological polar surface area (TPSA) is 92.5 Å². The summed E-state index contributed by atoms with van der Waals surface area (Å²) >= 11 is 0. The van der Waals surface area contributed by atoms with Crippen molar-refractivity contribution in [3.63, 3.8) is 0 Å². The van der Waals surface area contributed by atoms with Gasteiger partial charge in [-0.05, 0) is 56.6 Å². The fourth-order valence-corrected chi connectivity index (χ4v) is 4.65. The van der Waals surface area contributed by atoms with Crippen LogP contribution in [-0.4, -0.2) is 32.5 Å². The Bertz CT molecular complexity index is 914. The third-order valence-corrected chi connectivity index (χ3v) is 6.49. The Morgan fingerprint density at radius 1 is 1.00 bits per heavy atom. The molecule has 2 aromatic heterocycles. The van der Waals surface area contributed by atoms with Crippen molar-refractivity contribution in [1.82, 2.24) is 19.9 Å². The highest BCUT2D eigenvalue weighted by molar-refractivity contribution is 5.85. The quantitative estimate of drug-likeness (QED) is 0.521. The number of anilines is 1. The van der Waals surface area contributed by atoms with Gasteiger partial charge in [0.15, 0.2) is 0 Å². The zero-order valence-corrected chi connectivity index (χ0v) is 18.6. The van der Waals surface area contributed by atoms with E-state index in [9.17, 15) is 0 Å². The Labute approximate surface area is 189 Å². The van der Waals surface area contributed by atoms with Crippen LogP contribution in [0.5, 0.6) is 0 Å². The minimum absolute atomic E-state index is 0. The van der Waals surface area contributed by atoms with E-state index >= 15 is 0 Å². The first kappa shape index (κ1) is 22.8. The summed E-state index contributed by atoms with van der Waals surface area (Å²) in [4.78, 5) is 17.2. The van der Waals surface area contributed by atoms with E-state index in [1.54, 1.807) is 6.33 Å². The van der Waals surface area contributed by atoms with Crippen LogP contribution in [0.3, 0.4) is 0 Å². The number of para-hydroxylation sites is 2. The van der Waals surface area contributed by atoms with Gasteiger partial charge in [0.05, 0.1) is 11.0 Å². The molecule has 0 unspecified atom stereocenters. The van der Waals surface area contributed by atoms with Crippen LogP contribution in [0.15, 0.2) is 36.7 Å². The average Bonchev–Trinajstić information content (AvgIpc) is 3.15. The van der Waals surface area contributed by atoms with Crippen molar-refractivity contribution in [3.8, 4) is 0 Å². The van der Waals surface area contributed by atoms with Gasteiger partial charge in [0.25, 0.3) is 0 Å². The SMILES string of the molecule is Cl.Cl.NC1CC(c2cc(NCC3CCC(c4nc5ccccc5[nH]4)CC3)ncn2)C1. The number of nitrogens with one attached hydrogen (secondary N) is 2. The lowest BCUT2D eigenvalue weighted by Crippen LogP contribution is -2.35. The number of rotatable bonds is 5. The molecule has 162 valence electrons. The van der Waals surface area contributed by atoms with E-state index in [0.29, 0.717) is 23.8 Å². The van der Waals surface area contributed by atoms with Crippen molar-refractivity contribution >= 4 is 41.7 Å². The summed E-state index contributed by atoms with van der Waals surface area (Å²) in [5, 5.41) is 3.54. The lowest BCUT2D eigenvalue weighted by Gasteiger charge is -2.32. The highest BCUT2D eigenvalue weighted by Gasteiger charge is 2.29. The highest BCUT2D eigenvalue weighted by atomic mass is 35.5. The van der Waals surface area contributed by atoms with Gasteiger partial charge in [-0.25, -0.2) is 15.0 Å². The molecule has 2 heterocycles. The molecule has 2 aliphatic rings. The minimum atomic E-state index is 0. The molecule has 3 aromatic rings. The largest absolute Gasteiger partial charge is 0.370 e. The lowest BCUT2D eigenvalue weighted by atomic mass is 9.78. The van der Waals surface area contributed by atoms with E-state index < -0.39 is 0 Å². The maximum atomic E-state index is 5.91. The van der Waals surface area contributed by atoms with Crippen LogP contribution in [0.1, 0.15) is 61.9 Å². The number of halogens is 2. The number of nitrogens with two attached hydrogens (primary N) is 1. The molecule has 2 fully saturated rings. The standard InChI is InChI=1S/C22H28N6.2ClH/c23-17-9-16(10-17)20-11-21(26-13-25-20)24-12-14-5-7-15(8-6-14)22-27-18-3-1-2-4-19(18)28-22;;/h1-4,11,13-17H,5-10,12,23H2,(H,27,28)(H,24,25,26);2*1H. The van der Waals surface area contributed by atoms with Crippen LogP contribution in [0.2, 0.25) is 0 Å². The average molecular weight is 449 g/mol. The smallest absolute Gasteiger partial charge is 0.129 e. The minimum Gasteiger partial charge on any atom is -0.370 e. The van der Waals surface area contributed by atoms with Crippen LogP contribution in [0.4, 0.5) is 5.82 Å². The van der Waals surface area contributed by atoms with Crippen LogP contribution in [-0.2, 0) is 0 Å². The number of nitrogens with zero attached hydrogens (tertiary/aromatic N) is 3. The Morgan fingerprint density at radius 3 is 2.50 bits per heavy atom. The molecule has 0 saturated heterocycles. The molecule has 0 bridgehead atoms. The Balaban J connectivity index is 0.00000128. The van der Waals surface area contributed by atoms with Gasteiger partial charge in [-0.15, -0.1) is 24.8 Å². The summed E-state index contributed by atoms with van der Waals surface area (Å²) in [5.41, 5.74) is 9.27. The van der Waals surface area contributed by atoms with Crippen LogP contribution < -0.4 is 11.1 Å². The van der Waals surface area contributed by atoms with Crippen molar-refractivity contribution in [1.29, 1.82) is 0 Å². The van der Waals surface area contributed by atoms with E-state index in [0.717, 1.165) is 47.8 Å². The van der Waals surface area contributed by atoms with Gasteiger partial charge in [0.1, 0.15) is 18.0 Å². The molecule has 6 nitrogen and oxygen atoms in total. The highest BCUT2D eigenvalue weighted by Crippen LogP contribution is 2.36. The second kappa shape index (κ2) is 9.94. The molecule has 0 amide bonds. The summed E-state index contributed by atoms with van der Waals surface area (Å²) in [6.07, 6.45) is 8.61. The molecule has 5 rings (SSSR count). The first-order valence-electron chi connectivity index (χ1n) is 10.5. The zero-order chi connectivity index (χ0) is 18.9. The summed E-state index contributed by atoms with van der Waals surface area (Å²) in [7, 11) is 0. The molecule has 0 atom stereocenters. The van der Waals surface area contributed by atoms with Crippen LogP contribution in [0, 0.1) is 5.92 Å².